The molecule has 27 heavy (non-hydrogen) atoms. The number of furan rings is 1. The Kier molecular flexibility index (Phi) is 5.25. The topological polar surface area (TPSA) is 53.1 Å². The molecule has 0 aliphatic carbocycles. The van der Waals surface area contributed by atoms with Gasteiger partial charge in [-0.05, 0) is 48.4 Å². The zero-order valence-corrected chi connectivity index (χ0v) is 15.7. The van der Waals surface area contributed by atoms with Crippen LogP contribution in [0.2, 0.25) is 0 Å². The summed E-state index contributed by atoms with van der Waals surface area (Å²) in [6.45, 7) is 0. The highest BCUT2D eigenvalue weighted by Crippen LogP contribution is 2.28. The summed E-state index contributed by atoms with van der Waals surface area (Å²) in [4.78, 5) is 0. The standard InChI is InChI=1S/C21H19N3O2S/c1-25-18-11-9-16(10-12-18)13-15-27-21-23-22-20(19-8-5-14-26-19)24(21)17-6-3-2-4-7-17/h2-12,14H,13,15H2,1H3. The van der Waals surface area contributed by atoms with E-state index in [1.165, 1.54) is 5.56 Å². The molecule has 0 amide bonds. The van der Waals surface area contributed by atoms with E-state index < -0.39 is 0 Å². The van der Waals surface area contributed by atoms with E-state index in [1.807, 2.05) is 59.2 Å². The van der Waals surface area contributed by atoms with Crippen molar-refractivity contribution in [3.05, 3.63) is 78.6 Å². The van der Waals surface area contributed by atoms with Gasteiger partial charge in [0, 0.05) is 11.4 Å². The fourth-order valence-electron chi connectivity index (χ4n) is 2.79. The molecule has 0 atom stereocenters. The first-order chi connectivity index (χ1) is 13.3. The first-order valence-corrected chi connectivity index (χ1v) is 9.64. The monoisotopic (exact) mass is 377 g/mol. The van der Waals surface area contributed by atoms with E-state index >= 15 is 0 Å². The third-order valence-corrected chi connectivity index (χ3v) is 5.10. The maximum atomic E-state index is 5.55. The summed E-state index contributed by atoms with van der Waals surface area (Å²) in [7, 11) is 1.68. The predicted molar refractivity (Wildman–Crippen MR) is 106 cm³/mol. The molecule has 0 spiro atoms. The number of nitrogens with zero attached hydrogens (tertiary/aromatic N) is 3. The van der Waals surface area contributed by atoms with Gasteiger partial charge in [0.05, 0.1) is 13.4 Å². The van der Waals surface area contributed by atoms with Crippen LogP contribution in [-0.4, -0.2) is 27.6 Å². The van der Waals surface area contributed by atoms with Crippen LogP contribution in [0.1, 0.15) is 5.56 Å². The number of hydrogen-bond donors (Lipinski definition) is 0. The fraction of sp³-hybridized carbons (Fsp3) is 0.143. The van der Waals surface area contributed by atoms with E-state index in [0.717, 1.165) is 28.8 Å². The fourth-order valence-corrected chi connectivity index (χ4v) is 3.73. The highest BCUT2D eigenvalue weighted by Gasteiger charge is 2.17. The normalized spacial score (nSPS) is 10.9. The number of rotatable bonds is 7. The lowest BCUT2D eigenvalue weighted by atomic mass is 10.2. The molecule has 4 aromatic rings. The van der Waals surface area contributed by atoms with Crippen LogP contribution < -0.4 is 4.74 Å². The van der Waals surface area contributed by atoms with Crippen molar-refractivity contribution < 1.29 is 9.15 Å². The summed E-state index contributed by atoms with van der Waals surface area (Å²) >= 11 is 1.68. The van der Waals surface area contributed by atoms with E-state index in [1.54, 1.807) is 25.1 Å². The Balaban J connectivity index is 1.55. The van der Waals surface area contributed by atoms with Crippen molar-refractivity contribution in [3.63, 3.8) is 0 Å². The molecular weight excluding hydrogens is 358 g/mol. The van der Waals surface area contributed by atoms with Crippen LogP contribution in [-0.2, 0) is 6.42 Å². The summed E-state index contributed by atoms with van der Waals surface area (Å²) in [6.07, 6.45) is 2.59. The number of hydrogen-bond acceptors (Lipinski definition) is 5. The minimum atomic E-state index is 0.702. The maximum Gasteiger partial charge on any atom is 0.205 e. The molecule has 6 heteroatoms. The average Bonchev–Trinajstić information content (AvgIpc) is 3.39. The highest BCUT2D eigenvalue weighted by molar-refractivity contribution is 7.99. The lowest BCUT2D eigenvalue weighted by molar-refractivity contribution is 0.414. The summed E-state index contributed by atoms with van der Waals surface area (Å²) in [5.41, 5.74) is 2.28. The molecule has 0 bridgehead atoms. The van der Waals surface area contributed by atoms with Crippen LogP contribution in [0, 0.1) is 0 Å². The number of benzene rings is 2. The predicted octanol–water partition coefficient (Wildman–Crippen LogP) is 4.87. The van der Waals surface area contributed by atoms with Gasteiger partial charge in [0.1, 0.15) is 5.75 Å². The van der Waals surface area contributed by atoms with Gasteiger partial charge in [0.25, 0.3) is 0 Å². The second-order valence-corrected chi connectivity index (χ2v) is 6.96. The smallest absolute Gasteiger partial charge is 0.205 e. The zero-order valence-electron chi connectivity index (χ0n) is 14.9. The third kappa shape index (κ3) is 3.90. The Bertz CT molecular complexity index is 980. The van der Waals surface area contributed by atoms with Gasteiger partial charge < -0.3 is 9.15 Å². The van der Waals surface area contributed by atoms with Crippen LogP contribution in [0.15, 0.2) is 82.6 Å². The minimum absolute atomic E-state index is 0.702. The average molecular weight is 377 g/mol. The maximum absolute atomic E-state index is 5.55. The molecule has 5 nitrogen and oxygen atoms in total. The number of aryl methyl sites for hydroxylation is 1. The molecule has 0 N–H and O–H groups in total. The van der Waals surface area contributed by atoms with Gasteiger partial charge in [-0.2, -0.15) is 0 Å². The largest absolute Gasteiger partial charge is 0.497 e. The van der Waals surface area contributed by atoms with Crippen LogP contribution in [0.3, 0.4) is 0 Å². The second kappa shape index (κ2) is 8.14. The number of ether oxygens (including phenoxy) is 1. The third-order valence-electron chi connectivity index (χ3n) is 4.17. The van der Waals surface area contributed by atoms with Crippen LogP contribution in [0.5, 0.6) is 5.75 Å². The molecule has 0 unspecified atom stereocenters. The van der Waals surface area contributed by atoms with Crippen molar-refractivity contribution >= 4 is 11.8 Å². The Morgan fingerprint density at radius 2 is 1.78 bits per heavy atom. The lowest BCUT2D eigenvalue weighted by Crippen LogP contribution is -2.00. The Labute approximate surface area is 162 Å². The van der Waals surface area contributed by atoms with Crippen molar-refractivity contribution in [2.24, 2.45) is 0 Å². The Hall–Kier alpha value is -2.99. The molecule has 2 heterocycles. The van der Waals surface area contributed by atoms with Gasteiger partial charge in [-0.3, -0.25) is 4.57 Å². The van der Waals surface area contributed by atoms with Crippen LogP contribution in [0.4, 0.5) is 0 Å². The highest BCUT2D eigenvalue weighted by atomic mass is 32.2. The van der Waals surface area contributed by atoms with E-state index in [-0.39, 0.29) is 0 Å². The summed E-state index contributed by atoms with van der Waals surface area (Å²) < 4.78 is 12.8. The molecule has 2 aromatic heterocycles. The minimum Gasteiger partial charge on any atom is -0.497 e. The molecular formula is C21H19N3O2S. The molecule has 0 saturated heterocycles. The number of methoxy groups -OCH3 is 1. The summed E-state index contributed by atoms with van der Waals surface area (Å²) in [5, 5.41) is 9.62. The van der Waals surface area contributed by atoms with E-state index in [0.29, 0.717) is 11.6 Å². The van der Waals surface area contributed by atoms with Crippen molar-refractivity contribution in [2.45, 2.75) is 11.6 Å². The van der Waals surface area contributed by atoms with E-state index in [4.69, 9.17) is 9.15 Å². The van der Waals surface area contributed by atoms with Crippen molar-refractivity contribution in [1.29, 1.82) is 0 Å². The van der Waals surface area contributed by atoms with Crippen LogP contribution in [0.25, 0.3) is 17.3 Å². The van der Waals surface area contributed by atoms with Gasteiger partial charge in [-0.25, -0.2) is 0 Å². The van der Waals surface area contributed by atoms with Gasteiger partial charge in [0.15, 0.2) is 10.9 Å². The molecule has 0 radical (unpaired) electrons. The van der Waals surface area contributed by atoms with Gasteiger partial charge >= 0.3 is 0 Å². The first-order valence-electron chi connectivity index (χ1n) is 8.65. The van der Waals surface area contributed by atoms with Crippen molar-refractivity contribution in [2.75, 3.05) is 12.9 Å². The quantitative estimate of drug-likeness (QED) is 0.430. The molecule has 136 valence electrons. The SMILES string of the molecule is COc1ccc(CCSc2nnc(-c3ccco3)n2-c2ccccc2)cc1. The van der Waals surface area contributed by atoms with Gasteiger partial charge in [-0.1, -0.05) is 42.1 Å². The molecule has 0 aliphatic heterocycles. The van der Waals surface area contributed by atoms with Crippen molar-refractivity contribution in [3.8, 4) is 23.0 Å². The Morgan fingerprint density at radius 1 is 0.963 bits per heavy atom. The van der Waals surface area contributed by atoms with E-state index in [9.17, 15) is 0 Å². The van der Waals surface area contributed by atoms with Crippen molar-refractivity contribution in [1.82, 2.24) is 14.8 Å². The van der Waals surface area contributed by atoms with Crippen LogP contribution >= 0.6 is 11.8 Å². The summed E-state index contributed by atoms with van der Waals surface area (Å²) in [6, 6.07) is 22.0. The number of thioether (sulfide) groups is 1. The number of para-hydroxylation sites is 1. The lowest BCUT2D eigenvalue weighted by Gasteiger charge is -2.09. The Morgan fingerprint density at radius 3 is 2.48 bits per heavy atom. The summed E-state index contributed by atoms with van der Waals surface area (Å²) in [5.74, 6) is 3.18. The molecule has 2 aromatic carbocycles. The molecule has 0 saturated carbocycles. The molecule has 0 fully saturated rings. The molecule has 0 aliphatic rings. The zero-order chi connectivity index (χ0) is 18.5. The number of aromatic nitrogens is 3. The first kappa shape index (κ1) is 17.4. The molecule has 4 rings (SSSR count). The van der Waals surface area contributed by atoms with Gasteiger partial charge in [-0.15, -0.1) is 10.2 Å². The van der Waals surface area contributed by atoms with E-state index in [2.05, 4.69) is 22.3 Å². The van der Waals surface area contributed by atoms with Gasteiger partial charge in [0.2, 0.25) is 5.82 Å². The second-order valence-electron chi connectivity index (χ2n) is 5.90.